The van der Waals surface area contributed by atoms with E-state index in [0.29, 0.717) is 5.56 Å². The van der Waals surface area contributed by atoms with Gasteiger partial charge in [-0.05, 0) is 30.2 Å². The number of hydrogen-bond acceptors (Lipinski definition) is 4. The first kappa shape index (κ1) is 17.7. The van der Waals surface area contributed by atoms with Gasteiger partial charge in [0.25, 0.3) is 0 Å². The molecule has 1 heterocycles. The molecule has 2 aromatic rings. The molecule has 132 valence electrons. The first-order chi connectivity index (χ1) is 12.4. The van der Waals surface area contributed by atoms with E-state index < -0.39 is 17.2 Å². The third-order valence-electron chi connectivity index (χ3n) is 4.19. The number of β-amino-alcohol motifs (C(OH)–C–C–N with tert-alkyl or cyclic N) is 1. The van der Waals surface area contributed by atoms with Crippen LogP contribution in [0.25, 0.3) is 5.57 Å². The van der Waals surface area contributed by atoms with Crippen LogP contribution in [0.3, 0.4) is 0 Å². The van der Waals surface area contributed by atoms with Crippen LogP contribution in [0.4, 0.5) is 8.78 Å². The Labute approximate surface area is 150 Å². The van der Waals surface area contributed by atoms with Crippen molar-refractivity contribution >= 4 is 17.8 Å². The van der Waals surface area contributed by atoms with E-state index >= 15 is 0 Å². The molecule has 0 fully saturated rings. The Bertz CT molecular complexity index is 931. The van der Waals surface area contributed by atoms with Gasteiger partial charge < -0.3 is 5.11 Å². The van der Waals surface area contributed by atoms with Crippen molar-refractivity contribution in [2.75, 3.05) is 6.54 Å². The van der Waals surface area contributed by atoms with E-state index in [-0.39, 0.29) is 17.7 Å². The van der Waals surface area contributed by atoms with Crippen LogP contribution in [0.15, 0.2) is 65.3 Å². The SMILES string of the molecule is C=C(c1ccc(C)cc1)C(O)(CN1C=NC=C=N1)c1ccc(F)cc1F. The molecule has 2 aromatic carbocycles. The number of rotatable bonds is 5. The summed E-state index contributed by atoms with van der Waals surface area (Å²) in [5.41, 5.74) is -0.0169. The molecule has 0 spiro atoms. The first-order valence-electron chi connectivity index (χ1n) is 7.92. The third kappa shape index (κ3) is 3.47. The van der Waals surface area contributed by atoms with Gasteiger partial charge in [-0.2, -0.15) is 0 Å². The van der Waals surface area contributed by atoms with Gasteiger partial charge in [0.2, 0.25) is 0 Å². The smallest absolute Gasteiger partial charge is 0.137 e. The molecule has 1 unspecified atom stereocenters. The van der Waals surface area contributed by atoms with Crippen molar-refractivity contribution in [2.24, 2.45) is 10.1 Å². The summed E-state index contributed by atoms with van der Waals surface area (Å²) in [5.74, 6) is 0.959. The van der Waals surface area contributed by atoms with Crippen LogP contribution in [-0.4, -0.2) is 28.9 Å². The monoisotopic (exact) mass is 353 g/mol. The van der Waals surface area contributed by atoms with E-state index in [0.717, 1.165) is 17.7 Å². The van der Waals surface area contributed by atoms with Gasteiger partial charge in [0.05, 0.1) is 12.7 Å². The number of halogens is 2. The summed E-state index contributed by atoms with van der Waals surface area (Å²) in [4.78, 5) is 3.89. The maximum atomic E-state index is 14.5. The zero-order chi connectivity index (χ0) is 18.7. The zero-order valence-electron chi connectivity index (χ0n) is 14.2. The second-order valence-electron chi connectivity index (χ2n) is 6.05. The summed E-state index contributed by atoms with van der Waals surface area (Å²) < 4.78 is 27.8. The van der Waals surface area contributed by atoms with Gasteiger partial charge in [-0.25, -0.2) is 18.8 Å². The number of aryl methyl sites for hydroxylation is 1. The Morgan fingerprint density at radius 1 is 1.23 bits per heavy atom. The quantitative estimate of drug-likeness (QED) is 0.893. The molecule has 0 saturated carbocycles. The summed E-state index contributed by atoms with van der Waals surface area (Å²) in [6, 6.07) is 10.4. The maximum absolute atomic E-state index is 14.5. The molecule has 0 aromatic heterocycles. The average Bonchev–Trinajstić information content (AvgIpc) is 2.62. The molecule has 6 heteroatoms. The van der Waals surface area contributed by atoms with Gasteiger partial charge in [0.15, 0.2) is 0 Å². The van der Waals surface area contributed by atoms with Crippen LogP contribution >= 0.6 is 0 Å². The summed E-state index contributed by atoms with van der Waals surface area (Å²) >= 11 is 0. The minimum atomic E-state index is -1.86. The molecule has 0 aliphatic carbocycles. The van der Waals surface area contributed by atoms with Gasteiger partial charge in [-0.15, -0.1) is 5.10 Å². The average molecular weight is 353 g/mol. The second-order valence-corrected chi connectivity index (χ2v) is 6.05. The van der Waals surface area contributed by atoms with E-state index in [2.05, 4.69) is 22.5 Å². The van der Waals surface area contributed by atoms with Gasteiger partial charge in [-0.3, -0.25) is 0 Å². The molecule has 0 bridgehead atoms. The molecule has 1 aliphatic rings. The predicted molar refractivity (Wildman–Crippen MR) is 97.7 cm³/mol. The number of hydrogen-bond donors (Lipinski definition) is 1. The normalized spacial score (nSPS) is 15.2. The first-order valence-corrected chi connectivity index (χ1v) is 7.92. The Morgan fingerprint density at radius 2 is 1.96 bits per heavy atom. The van der Waals surface area contributed by atoms with Crippen molar-refractivity contribution in [3.63, 3.8) is 0 Å². The molecular formula is C20H17F2N3O. The highest BCUT2D eigenvalue weighted by atomic mass is 19.1. The summed E-state index contributed by atoms with van der Waals surface area (Å²) in [6.07, 6.45) is 2.74. The second kappa shape index (κ2) is 7.04. The lowest BCUT2D eigenvalue weighted by Gasteiger charge is -2.34. The fraction of sp³-hybridized carbons (Fsp3) is 0.150. The molecule has 1 N–H and O–H groups in total. The molecule has 0 radical (unpaired) electrons. The zero-order valence-corrected chi connectivity index (χ0v) is 14.2. The number of benzene rings is 2. The molecule has 1 atom stereocenters. The molecule has 4 nitrogen and oxygen atoms in total. The van der Waals surface area contributed by atoms with Gasteiger partial charge >= 0.3 is 0 Å². The standard InChI is InChI=1S/C20H17F2N3O/c1-14-3-5-16(6-4-14)15(2)20(26,12-25-13-23-9-10-24-25)18-8-7-17(21)11-19(18)22/h3-9,11,13,26H,2,12H2,1H3. The molecule has 26 heavy (non-hydrogen) atoms. The Kier molecular flexibility index (Phi) is 4.80. The summed E-state index contributed by atoms with van der Waals surface area (Å²) in [7, 11) is 0. The van der Waals surface area contributed by atoms with E-state index in [1.54, 1.807) is 12.1 Å². The largest absolute Gasteiger partial charge is 0.378 e. The van der Waals surface area contributed by atoms with Gasteiger partial charge in [0, 0.05) is 17.5 Å². The van der Waals surface area contributed by atoms with Crippen molar-refractivity contribution in [3.05, 3.63) is 83.6 Å². The Balaban J connectivity index is 2.08. The maximum Gasteiger partial charge on any atom is 0.137 e. The summed E-state index contributed by atoms with van der Waals surface area (Å²) in [5, 5.41) is 16.7. The fourth-order valence-electron chi connectivity index (χ4n) is 2.74. The number of nitrogens with zero attached hydrogens (tertiary/aromatic N) is 3. The highest BCUT2D eigenvalue weighted by Gasteiger charge is 2.38. The molecule has 3 rings (SSSR count). The third-order valence-corrected chi connectivity index (χ3v) is 4.19. The topological polar surface area (TPSA) is 48.2 Å². The fourth-order valence-corrected chi connectivity index (χ4v) is 2.74. The van der Waals surface area contributed by atoms with Crippen LogP contribution < -0.4 is 0 Å². The van der Waals surface area contributed by atoms with Crippen molar-refractivity contribution in [1.82, 2.24) is 5.01 Å². The molecule has 0 amide bonds. The van der Waals surface area contributed by atoms with E-state index in [9.17, 15) is 13.9 Å². The van der Waals surface area contributed by atoms with Crippen LogP contribution in [-0.2, 0) is 5.60 Å². The van der Waals surface area contributed by atoms with Crippen LogP contribution in [0.5, 0.6) is 0 Å². The minimum Gasteiger partial charge on any atom is -0.378 e. The Hall–Kier alpha value is -3.08. The van der Waals surface area contributed by atoms with E-state index in [1.165, 1.54) is 23.6 Å². The van der Waals surface area contributed by atoms with Gasteiger partial charge in [0.1, 0.15) is 23.6 Å². The number of hydrazone groups is 1. The molecule has 1 aliphatic heterocycles. The number of aliphatic imine (C=N–C) groups is 1. The van der Waals surface area contributed by atoms with Crippen LogP contribution in [0.1, 0.15) is 16.7 Å². The van der Waals surface area contributed by atoms with Gasteiger partial charge in [-0.1, -0.05) is 36.4 Å². The van der Waals surface area contributed by atoms with Crippen molar-refractivity contribution in [1.29, 1.82) is 0 Å². The molecular weight excluding hydrogens is 336 g/mol. The predicted octanol–water partition coefficient (Wildman–Crippen LogP) is 3.62. The van der Waals surface area contributed by atoms with E-state index in [4.69, 9.17) is 0 Å². The highest BCUT2D eigenvalue weighted by Crippen LogP contribution is 2.37. The number of aliphatic hydroxyl groups is 1. The van der Waals surface area contributed by atoms with Crippen LogP contribution in [0, 0.1) is 18.6 Å². The lowest BCUT2D eigenvalue weighted by Crippen LogP contribution is -2.40. The lowest BCUT2D eigenvalue weighted by molar-refractivity contribution is 0.0725. The summed E-state index contributed by atoms with van der Waals surface area (Å²) in [6.45, 7) is 5.75. The van der Waals surface area contributed by atoms with Crippen molar-refractivity contribution < 1.29 is 13.9 Å². The van der Waals surface area contributed by atoms with E-state index in [1.807, 2.05) is 19.1 Å². The Morgan fingerprint density at radius 3 is 2.58 bits per heavy atom. The minimum absolute atomic E-state index is 0.0948. The van der Waals surface area contributed by atoms with Crippen LogP contribution in [0.2, 0.25) is 0 Å². The molecule has 0 saturated heterocycles. The lowest BCUT2D eigenvalue weighted by atomic mass is 9.82. The highest BCUT2D eigenvalue weighted by molar-refractivity contribution is 5.74. The van der Waals surface area contributed by atoms with Crippen molar-refractivity contribution in [2.45, 2.75) is 12.5 Å². The van der Waals surface area contributed by atoms with Crippen molar-refractivity contribution in [3.8, 4) is 0 Å².